The molecule has 0 radical (unpaired) electrons. The molecule has 0 aromatic carbocycles. The number of hydrazine groups is 1. The minimum Gasteiger partial charge on any atom is -0.468 e. The fourth-order valence-electron chi connectivity index (χ4n) is 1.76. The molecule has 1 aliphatic heterocycles. The summed E-state index contributed by atoms with van der Waals surface area (Å²) in [5.41, 5.74) is 2.79. The summed E-state index contributed by atoms with van der Waals surface area (Å²) in [5, 5.41) is 0.956. The van der Waals surface area contributed by atoms with E-state index in [9.17, 15) is 9.59 Å². The van der Waals surface area contributed by atoms with Crippen LogP contribution in [-0.4, -0.2) is 56.8 Å². The van der Waals surface area contributed by atoms with E-state index < -0.39 is 26.2 Å². The largest absolute Gasteiger partial charge is 0.468 e. The number of rotatable bonds is 4. The van der Waals surface area contributed by atoms with E-state index in [0.717, 1.165) is 6.04 Å². The zero-order valence-corrected chi connectivity index (χ0v) is 14.2. The van der Waals surface area contributed by atoms with Gasteiger partial charge in [0.15, 0.2) is 0 Å². The molecule has 0 unspecified atom stereocenters. The summed E-state index contributed by atoms with van der Waals surface area (Å²) in [6, 6.07) is 0.290. The maximum absolute atomic E-state index is 11.9. The molecular weight excluding hydrogens is 300 g/mol. The highest BCUT2D eigenvalue weighted by molar-refractivity contribution is 6.76. The van der Waals surface area contributed by atoms with Gasteiger partial charge >= 0.3 is 12.1 Å². The number of carbonyl (C=O) groups excluding carboxylic acids is 2. The standard InChI is InChI=1S/C12H23ClN2O4Si/c1-18-11(16)10-7-9(13)8-15(14-10)12(17)19-5-6-20(2,3)4/h9-10,14H,5-8H2,1-4H3/t9-,10+/m0/s1. The van der Waals surface area contributed by atoms with Crippen LogP contribution < -0.4 is 5.43 Å². The van der Waals surface area contributed by atoms with Crippen LogP contribution in [-0.2, 0) is 14.3 Å². The van der Waals surface area contributed by atoms with Crippen molar-refractivity contribution in [2.75, 3.05) is 20.3 Å². The van der Waals surface area contributed by atoms with Gasteiger partial charge in [-0.1, -0.05) is 19.6 Å². The third kappa shape index (κ3) is 5.68. The first-order valence-electron chi connectivity index (χ1n) is 6.65. The lowest BCUT2D eigenvalue weighted by molar-refractivity contribution is -0.145. The fraction of sp³-hybridized carbons (Fsp3) is 0.833. The van der Waals surface area contributed by atoms with Gasteiger partial charge in [0.2, 0.25) is 0 Å². The number of methoxy groups -OCH3 is 1. The smallest absolute Gasteiger partial charge is 0.424 e. The Hall–Kier alpha value is -0.793. The molecule has 0 aliphatic carbocycles. The van der Waals surface area contributed by atoms with Crippen LogP contribution >= 0.6 is 11.6 Å². The predicted octanol–water partition coefficient (Wildman–Crippen LogP) is 1.82. The van der Waals surface area contributed by atoms with Crippen LogP contribution in [0.2, 0.25) is 25.7 Å². The number of nitrogens with zero attached hydrogens (tertiary/aromatic N) is 1. The Kier molecular flexibility index (Phi) is 6.28. The zero-order chi connectivity index (χ0) is 15.3. The minimum absolute atomic E-state index is 0.301. The van der Waals surface area contributed by atoms with Gasteiger partial charge < -0.3 is 9.47 Å². The van der Waals surface area contributed by atoms with E-state index in [1.54, 1.807) is 0 Å². The lowest BCUT2D eigenvalue weighted by atomic mass is 10.1. The Morgan fingerprint density at radius 1 is 1.40 bits per heavy atom. The van der Waals surface area contributed by atoms with Crippen LogP contribution in [0.15, 0.2) is 0 Å². The third-order valence-electron chi connectivity index (χ3n) is 2.97. The quantitative estimate of drug-likeness (QED) is 0.486. The average Bonchev–Trinajstić information content (AvgIpc) is 2.35. The molecular formula is C12H23ClN2O4Si. The van der Waals surface area contributed by atoms with Crippen molar-refractivity contribution in [1.82, 2.24) is 10.4 Å². The number of carbonyl (C=O) groups is 2. The van der Waals surface area contributed by atoms with Gasteiger partial charge in [0.1, 0.15) is 6.04 Å². The average molecular weight is 323 g/mol. The van der Waals surface area contributed by atoms with Crippen LogP contribution in [0.3, 0.4) is 0 Å². The highest BCUT2D eigenvalue weighted by Crippen LogP contribution is 2.16. The van der Waals surface area contributed by atoms with Crippen LogP contribution in [0.25, 0.3) is 0 Å². The Labute approximate surface area is 125 Å². The van der Waals surface area contributed by atoms with Crippen molar-refractivity contribution < 1.29 is 19.1 Å². The number of amides is 1. The summed E-state index contributed by atoms with van der Waals surface area (Å²) < 4.78 is 9.87. The Morgan fingerprint density at radius 3 is 2.60 bits per heavy atom. The summed E-state index contributed by atoms with van der Waals surface area (Å²) in [5.74, 6) is -0.435. The number of nitrogens with one attached hydrogen (secondary N) is 1. The highest BCUT2D eigenvalue weighted by atomic mass is 35.5. The van der Waals surface area contributed by atoms with Crippen molar-refractivity contribution in [2.24, 2.45) is 0 Å². The van der Waals surface area contributed by atoms with Gasteiger partial charge in [-0.15, -0.1) is 11.6 Å². The second-order valence-electron chi connectivity index (χ2n) is 6.07. The van der Waals surface area contributed by atoms with Gasteiger partial charge in [-0.25, -0.2) is 15.2 Å². The molecule has 8 heteroatoms. The van der Waals surface area contributed by atoms with E-state index in [4.69, 9.17) is 16.3 Å². The van der Waals surface area contributed by atoms with Crippen LogP contribution in [0.1, 0.15) is 6.42 Å². The summed E-state index contributed by atoms with van der Waals surface area (Å²) in [6.07, 6.45) is -0.0742. The lowest BCUT2D eigenvalue weighted by Gasteiger charge is -2.34. The molecule has 1 saturated heterocycles. The highest BCUT2D eigenvalue weighted by Gasteiger charge is 2.34. The van der Waals surface area contributed by atoms with Crippen LogP contribution in [0.5, 0.6) is 0 Å². The molecule has 1 aliphatic rings. The van der Waals surface area contributed by atoms with Crippen molar-refractivity contribution in [1.29, 1.82) is 0 Å². The molecule has 0 aromatic heterocycles. The second kappa shape index (κ2) is 7.28. The first-order chi connectivity index (χ1) is 9.23. The molecule has 20 heavy (non-hydrogen) atoms. The van der Waals surface area contributed by atoms with Crippen molar-refractivity contribution in [3.8, 4) is 0 Å². The number of alkyl halides is 1. The lowest BCUT2D eigenvalue weighted by Crippen LogP contribution is -2.58. The molecule has 116 valence electrons. The first-order valence-corrected chi connectivity index (χ1v) is 10.8. The van der Waals surface area contributed by atoms with Crippen molar-refractivity contribution in [2.45, 2.75) is 43.5 Å². The predicted molar refractivity (Wildman–Crippen MR) is 79.4 cm³/mol. The van der Waals surface area contributed by atoms with Gasteiger partial charge in [-0.05, 0) is 12.5 Å². The maximum Gasteiger partial charge on any atom is 0.424 e. The zero-order valence-electron chi connectivity index (χ0n) is 12.4. The van der Waals surface area contributed by atoms with Crippen molar-refractivity contribution >= 4 is 31.7 Å². The van der Waals surface area contributed by atoms with Crippen molar-refractivity contribution in [3.63, 3.8) is 0 Å². The van der Waals surface area contributed by atoms with Crippen LogP contribution in [0, 0.1) is 0 Å². The number of hydrogen-bond donors (Lipinski definition) is 1. The third-order valence-corrected chi connectivity index (χ3v) is 4.99. The molecule has 1 rings (SSSR count). The van der Waals surface area contributed by atoms with Gasteiger partial charge in [-0.3, -0.25) is 4.79 Å². The Bertz CT molecular complexity index is 362. The van der Waals surface area contributed by atoms with E-state index in [-0.39, 0.29) is 5.38 Å². The SMILES string of the molecule is COC(=O)[C@H]1C[C@H](Cl)CN(C(=O)OCC[Si](C)(C)C)N1. The van der Waals surface area contributed by atoms with Gasteiger partial charge in [-0.2, -0.15) is 0 Å². The molecule has 1 heterocycles. The molecule has 0 aromatic rings. The molecule has 1 N–H and O–H groups in total. The molecule has 0 spiro atoms. The molecule has 0 saturated carbocycles. The van der Waals surface area contributed by atoms with Gasteiger partial charge in [0, 0.05) is 8.07 Å². The normalized spacial score (nSPS) is 23.4. The molecule has 1 amide bonds. The maximum atomic E-state index is 11.9. The monoisotopic (exact) mass is 322 g/mol. The van der Waals surface area contributed by atoms with Gasteiger partial charge in [0.25, 0.3) is 0 Å². The second-order valence-corrected chi connectivity index (χ2v) is 12.3. The van der Waals surface area contributed by atoms with E-state index in [1.165, 1.54) is 12.1 Å². The number of halogens is 1. The topological polar surface area (TPSA) is 67.9 Å². The van der Waals surface area contributed by atoms with E-state index in [1.807, 2.05) is 0 Å². The molecule has 6 nitrogen and oxygen atoms in total. The van der Waals surface area contributed by atoms with Gasteiger partial charge in [0.05, 0.1) is 25.6 Å². The van der Waals surface area contributed by atoms with Crippen LogP contribution in [0.4, 0.5) is 4.79 Å². The van der Waals surface area contributed by atoms with E-state index >= 15 is 0 Å². The van der Waals surface area contributed by atoms with E-state index in [2.05, 4.69) is 29.8 Å². The molecule has 2 atom stereocenters. The minimum atomic E-state index is -1.24. The summed E-state index contributed by atoms with van der Waals surface area (Å²) in [7, 11) is 0.0635. The summed E-state index contributed by atoms with van der Waals surface area (Å²) >= 11 is 6.07. The Morgan fingerprint density at radius 2 is 2.05 bits per heavy atom. The number of hydrogen-bond acceptors (Lipinski definition) is 5. The number of ether oxygens (including phenoxy) is 2. The molecule has 1 fully saturated rings. The molecule has 0 bridgehead atoms. The summed E-state index contributed by atoms with van der Waals surface area (Å²) in [6.45, 7) is 7.33. The number of esters is 1. The van der Waals surface area contributed by atoms with E-state index in [0.29, 0.717) is 19.6 Å². The van der Waals surface area contributed by atoms with Crippen molar-refractivity contribution in [3.05, 3.63) is 0 Å². The first kappa shape index (κ1) is 17.3. The summed E-state index contributed by atoms with van der Waals surface area (Å²) in [4.78, 5) is 23.4. The fourth-order valence-corrected chi connectivity index (χ4v) is 2.79. The Balaban J connectivity index is 2.48.